The molecular weight excluding hydrogens is 368 g/mol. The molecule has 29 heavy (non-hydrogen) atoms. The lowest BCUT2D eigenvalue weighted by atomic mass is 10.2. The minimum atomic E-state index is 0.159. The summed E-state index contributed by atoms with van der Waals surface area (Å²) in [5.41, 5.74) is 3.25. The van der Waals surface area contributed by atoms with Gasteiger partial charge in [0.2, 0.25) is 5.91 Å². The predicted octanol–water partition coefficient (Wildman–Crippen LogP) is 2.33. The molecule has 5 heterocycles. The van der Waals surface area contributed by atoms with Crippen molar-refractivity contribution < 1.29 is 4.79 Å². The van der Waals surface area contributed by atoms with Crippen LogP contribution in [0, 0.1) is 0 Å². The Morgan fingerprint density at radius 3 is 3.10 bits per heavy atom. The zero-order valence-electron chi connectivity index (χ0n) is 16.4. The van der Waals surface area contributed by atoms with Crippen LogP contribution >= 0.6 is 0 Å². The fourth-order valence-corrected chi connectivity index (χ4v) is 3.95. The Labute approximate surface area is 167 Å². The summed E-state index contributed by atoms with van der Waals surface area (Å²) >= 11 is 0. The Balaban J connectivity index is 1.48. The van der Waals surface area contributed by atoms with Gasteiger partial charge in [0.1, 0.15) is 17.8 Å². The van der Waals surface area contributed by atoms with Crippen LogP contribution in [0.4, 0.5) is 5.82 Å². The summed E-state index contributed by atoms with van der Waals surface area (Å²) in [6, 6.07) is 4.21. The Morgan fingerprint density at radius 1 is 1.34 bits per heavy atom. The number of nitrogens with one attached hydrogen (secondary N) is 2. The van der Waals surface area contributed by atoms with E-state index in [2.05, 4.69) is 31.3 Å². The van der Waals surface area contributed by atoms with E-state index in [1.807, 2.05) is 41.9 Å². The van der Waals surface area contributed by atoms with Gasteiger partial charge in [-0.05, 0) is 18.6 Å². The SMILES string of the molecule is CCC(=O)N1CC[C@H](Nc2ncnc3c2nc(-c2cnc4[nH]ccc4c2)n3C)C1. The molecule has 0 aromatic carbocycles. The number of hydrogen-bond acceptors (Lipinski definition) is 6. The average Bonchev–Trinajstić information content (AvgIpc) is 3.46. The van der Waals surface area contributed by atoms with Crippen LogP contribution < -0.4 is 5.32 Å². The minimum absolute atomic E-state index is 0.159. The van der Waals surface area contributed by atoms with E-state index in [0.717, 1.165) is 46.6 Å². The molecular formula is C20H22N8O. The first kappa shape index (κ1) is 17.6. The van der Waals surface area contributed by atoms with Crippen molar-refractivity contribution in [3.05, 3.63) is 30.9 Å². The summed E-state index contributed by atoms with van der Waals surface area (Å²) in [7, 11) is 1.94. The van der Waals surface area contributed by atoms with Gasteiger partial charge in [-0.2, -0.15) is 0 Å². The van der Waals surface area contributed by atoms with Gasteiger partial charge in [0.25, 0.3) is 0 Å². The maximum absolute atomic E-state index is 12.0. The molecule has 0 unspecified atom stereocenters. The molecule has 1 aliphatic rings. The molecule has 9 nitrogen and oxygen atoms in total. The molecule has 148 valence electrons. The van der Waals surface area contributed by atoms with E-state index >= 15 is 0 Å². The van der Waals surface area contributed by atoms with Crippen LogP contribution in [0.2, 0.25) is 0 Å². The van der Waals surface area contributed by atoms with Crippen molar-refractivity contribution >= 4 is 33.9 Å². The second-order valence-corrected chi connectivity index (χ2v) is 7.35. The van der Waals surface area contributed by atoms with Crippen LogP contribution in [-0.2, 0) is 11.8 Å². The molecule has 4 aromatic heterocycles. The van der Waals surface area contributed by atoms with Crippen molar-refractivity contribution in [2.45, 2.75) is 25.8 Å². The lowest BCUT2D eigenvalue weighted by Crippen LogP contribution is -2.31. The quantitative estimate of drug-likeness (QED) is 0.554. The van der Waals surface area contributed by atoms with Crippen LogP contribution in [0.15, 0.2) is 30.9 Å². The predicted molar refractivity (Wildman–Crippen MR) is 110 cm³/mol. The van der Waals surface area contributed by atoms with Gasteiger partial charge in [0.15, 0.2) is 17.0 Å². The zero-order valence-corrected chi connectivity index (χ0v) is 16.4. The molecule has 0 radical (unpaired) electrons. The maximum Gasteiger partial charge on any atom is 0.222 e. The highest BCUT2D eigenvalue weighted by Crippen LogP contribution is 2.28. The number of aromatic amines is 1. The van der Waals surface area contributed by atoms with Crippen molar-refractivity contribution in [3.8, 4) is 11.4 Å². The molecule has 1 amide bonds. The summed E-state index contributed by atoms with van der Waals surface area (Å²) in [6.07, 6.45) is 6.66. The number of nitrogens with zero attached hydrogens (tertiary/aromatic N) is 6. The van der Waals surface area contributed by atoms with Crippen LogP contribution in [0.5, 0.6) is 0 Å². The lowest BCUT2D eigenvalue weighted by Gasteiger charge is -2.16. The highest BCUT2D eigenvalue weighted by atomic mass is 16.2. The van der Waals surface area contributed by atoms with E-state index in [4.69, 9.17) is 4.98 Å². The third kappa shape index (κ3) is 2.98. The van der Waals surface area contributed by atoms with E-state index in [9.17, 15) is 4.79 Å². The monoisotopic (exact) mass is 390 g/mol. The Kier molecular flexibility index (Phi) is 4.15. The highest BCUT2D eigenvalue weighted by Gasteiger charge is 2.26. The fourth-order valence-electron chi connectivity index (χ4n) is 3.95. The second kappa shape index (κ2) is 6.84. The van der Waals surface area contributed by atoms with Crippen LogP contribution in [0.25, 0.3) is 33.6 Å². The van der Waals surface area contributed by atoms with Crippen molar-refractivity contribution in [2.24, 2.45) is 7.05 Å². The molecule has 0 aliphatic carbocycles. The Hall–Kier alpha value is -3.49. The van der Waals surface area contributed by atoms with Gasteiger partial charge in [-0.3, -0.25) is 4.79 Å². The largest absolute Gasteiger partial charge is 0.364 e. The summed E-state index contributed by atoms with van der Waals surface area (Å²) < 4.78 is 1.96. The zero-order chi connectivity index (χ0) is 20.0. The maximum atomic E-state index is 12.0. The minimum Gasteiger partial charge on any atom is -0.364 e. The topological polar surface area (TPSA) is 105 Å². The van der Waals surface area contributed by atoms with E-state index < -0.39 is 0 Å². The molecule has 5 rings (SSSR count). The number of rotatable bonds is 4. The molecule has 1 fully saturated rings. The Morgan fingerprint density at radius 2 is 2.24 bits per heavy atom. The molecule has 9 heteroatoms. The number of aromatic nitrogens is 6. The lowest BCUT2D eigenvalue weighted by molar-refractivity contribution is -0.129. The summed E-state index contributed by atoms with van der Waals surface area (Å²) in [5.74, 6) is 1.67. The van der Waals surface area contributed by atoms with Crippen LogP contribution in [0.1, 0.15) is 19.8 Å². The van der Waals surface area contributed by atoms with Crippen LogP contribution in [0.3, 0.4) is 0 Å². The van der Waals surface area contributed by atoms with Gasteiger partial charge in [-0.15, -0.1) is 0 Å². The molecule has 1 aliphatic heterocycles. The number of anilines is 1. The Bertz CT molecular complexity index is 1210. The first-order valence-electron chi connectivity index (χ1n) is 9.79. The van der Waals surface area contributed by atoms with Gasteiger partial charge in [0, 0.05) is 55.9 Å². The number of likely N-dealkylation sites (tertiary alicyclic amines) is 1. The molecule has 0 saturated carbocycles. The molecule has 4 aromatic rings. The second-order valence-electron chi connectivity index (χ2n) is 7.35. The summed E-state index contributed by atoms with van der Waals surface area (Å²) in [4.78, 5) is 35.1. The molecule has 0 bridgehead atoms. The van der Waals surface area contributed by atoms with E-state index in [-0.39, 0.29) is 11.9 Å². The third-order valence-electron chi connectivity index (χ3n) is 5.50. The van der Waals surface area contributed by atoms with Gasteiger partial charge < -0.3 is 19.8 Å². The molecule has 1 saturated heterocycles. The van der Waals surface area contributed by atoms with E-state index in [1.54, 1.807) is 6.33 Å². The van der Waals surface area contributed by atoms with Gasteiger partial charge in [0.05, 0.1) is 0 Å². The fraction of sp³-hybridized carbons (Fsp3) is 0.350. The molecule has 1 atom stereocenters. The van der Waals surface area contributed by atoms with Crippen molar-refractivity contribution in [2.75, 3.05) is 18.4 Å². The van der Waals surface area contributed by atoms with Crippen LogP contribution in [-0.4, -0.2) is 59.4 Å². The van der Waals surface area contributed by atoms with E-state index in [1.165, 1.54) is 0 Å². The number of imidazole rings is 1. The summed E-state index contributed by atoms with van der Waals surface area (Å²) in [6.45, 7) is 3.35. The standard InChI is InChI=1S/C20H22N8O/c1-3-15(29)28-7-5-14(10-28)25-18-16-20(24-11-23-18)27(2)19(26-16)13-8-12-4-6-21-17(12)22-9-13/h4,6,8-9,11,14H,3,5,7,10H2,1-2H3,(H,21,22)(H,23,24,25)/t14-/m0/s1. The van der Waals surface area contributed by atoms with Gasteiger partial charge in [-0.25, -0.2) is 19.9 Å². The first-order valence-corrected chi connectivity index (χ1v) is 9.79. The first-order chi connectivity index (χ1) is 14.1. The number of aryl methyl sites for hydroxylation is 1. The number of carbonyl (C=O) groups is 1. The van der Waals surface area contributed by atoms with Gasteiger partial charge in [-0.1, -0.05) is 6.92 Å². The van der Waals surface area contributed by atoms with E-state index in [0.29, 0.717) is 18.8 Å². The van der Waals surface area contributed by atoms with Gasteiger partial charge >= 0.3 is 0 Å². The highest BCUT2D eigenvalue weighted by molar-refractivity contribution is 5.88. The van der Waals surface area contributed by atoms with Crippen molar-refractivity contribution in [1.82, 2.24) is 34.4 Å². The smallest absolute Gasteiger partial charge is 0.222 e. The molecule has 2 N–H and O–H groups in total. The normalized spacial score (nSPS) is 16.8. The summed E-state index contributed by atoms with van der Waals surface area (Å²) in [5, 5.41) is 4.50. The van der Waals surface area contributed by atoms with Crippen molar-refractivity contribution in [3.63, 3.8) is 0 Å². The number of pyridine rings is 1. The number of H-pyrrole nitrogens is 1. The number of carbonyl (C=O) groups excluding carboxylic acids is 1. The number of hydrogen-bond donors (Lipinski definition) is 2. The molecule has 0 spiro atoms. The number of amides is 1. The number of fused-ring (bicyclic) bond motifs is 2. The van der Waals surface area contributed by atoms with Crippen molar-refractivity contribution in [1.29, 1.82) is 0 Å². The third-order valence-corrected chi connectivity index (χ3v) is 5.50. The average molecular weight is 390 g/mol.